The minimum atomic E-state index is 0.666. The van der Waals surface area contributed by atoms with Crippen molar-refractivity contribution in [3.8, 4) is 0 Å². The second-order valence-corrected chi connectivity index (χ2v) is 3.70. The number of rotatable bonds is 4. The molecular weight excluding hydrogens is 202 g/mol. The van der Waals surface area contributed by atoms with Crippen LogP contribution in [0.5, 0.6) is 0 Å². The Labute approximate surface area is 94.9 Å². The lowest BCUT2D eigenvalue weighted by molar-refractivity contribution is 0.518. The van der Waals surface area contributed by atoms with Crippen molar-refractivity contribution >= 4 is 11.5 Å². The van der Waals surface area contributed by atoms with Crippen LogP contribution in [0.1, 0.15) is 5.76 Å². The molecule has 0 unspecified atom stereocenters. The van der Waals surface area contributed by atoms with Crippen molar-refractivity contribution in [2.24, 2.45) is 0 Å². The van der Waals surface area contributed by atoms with Gasteiger partial charge in [0.05, 0.1) is 18.5 Å². The van der Waals surface area contributed by atoms with Crippen molar-refractivity contribution in [1.29, 1.82) is 0 Å². The molecule has 2 heterocycles. The Morgan fingerprint density at radius 3 is 2.88 bits per heavy atom. The Kier molecular flexibility index (Phi) is 3.10. The number of anilines is 2. The van der Waals surface area contributed by atoms with Gasteiger partial charge in [-0.1, -0.05) is 0 Å². The van der Waals surface area contributed by atoms with Crippen LogP contribution in [-0.2, 0) is 6.54 Å². The second-order valence-electron chi connectivity index (χ2n) is 3.70. The lowest BCUT2D eigenvalue weighted by Gasteiger charge is -2.16. The fraction of sp³-hybridized carbons (Fsp3) is 0.250. The van der Waals surface area contributed by atoms with Gasteiger partial charge in [0.2, 0.25) is 0 Å². The third-order valence-electron chi connectivity index (χ3n) is 2.24. The van der Waals surface area contributed by atoms with Crippen molar-refractivity contribution in [3.05, 3.63) is 42.5 Å². The zero-order chi connectivity index (χ0) is 11.4. The molecule has 0 aromatic carbocycles. The predicted molar refractivity (Wildman–Crippen MR) is 64.6 cm³/mol. The molecule has 4 heteroatoms. The van der Waals surface area contributed by atoms with E-state index in [1.54, 1.807) is 12.5 Å². The van der Waals surface area contributed by atoms with Crippen LogP contribution in [0.3, 0.4) is 0 Å². The number of nitrogens with zero attached hydrogens (tertiary/aromatic N) is 2. The molecule has 84 valence electrons. The summed E-state index contributed by atoms with van der Waals surface area (Å²) in [6, 6.07) is 7.74. The predicted octanol–water partition coefficient (Wildman–Crippen LogP) is 2.35. The summed E-state index contributed by atoms with van der Waals surface area (Å²) in [4.78, 5) is 6.29. The molecule has 4 nitrogen and oxygen atoms in total. The number of hydrogen-bond acceptors (Lipinski definition) is 4. The lowest BCUT2D eigenvalue weighted by atomic mass is 10.3. The summed E-state index contributed by atoms with van der Waals surface area (Å²) >= 11 is 0. The molecule has 1 N–H and O–H groups in total. The van der Waals surface area contributed by atoms with Gasteiger partial charge in [-0.25, -0.2) is 4.98 Å². The third kappa shape index (κ3) is 2.34. The summed E-state index contributed by atoms with van der Waals surface area (Å²) in [5.41, 5.74) is 1.00. The fourth-order valence-corrected chi connectivity index (χ4v) is 1.49. The van der Waals surface area contributed by atoms with Gasteiger partial charge in [0.25, 0.3) is 0 Å². The van der Waals surface area contributed by atoms with Gasteiger partial charge in [0.15, 0.2) is 5.82 Å². The largest absolute Gasteiger partial charge is 0.467 e. The van der Waals surface area contributed by atoms with Gasteiger partial charge in [-0.05, 0) is 24.3 Å². The number of aromatic nitrogens is 1. The highest BCUT2D eigenvalue weighted by Gasteiger charge is 2.04. The zero-order valence-corrected chi connectivity index (χ0v) is 9.47. The first-order valence-corrected chi connectivity index (χ1v) is 5.16. The lowest BCUT2D eigenvalue weighted by Crippen LogP contribution is -2.13. The number of hydrogen-bond donors (Lipinski definition) is 1. The Morgan fingerprint density at radius 2 is 2.19 bits per heavy atom. The van der Waals surface area contributed by atoms with Crippen molar-refractivity contribution in [1.82, 2.24) is 4.98 Å². The van der Waals surface area contributed by atoms with E-state index in [2.05, 4.69) is 10.3 Å². The van der Waals surface area contributed by atoms with Crippen molar-refractivity contribution in [3.63, 3.8) is 0 Å². The fourth-order valence-electron chi connectivity index (χ4n) is 1.49. The highest BCUT2D eigenvalue weighted by molar-refractivity contribution is 5.64. The SMILES string of the molecule is CN(C)c1ncccc1NCc1ccco1. The maximum Gasteiger partial charge on any atom is 0.151 e. The molecule has 0 radical (unpaired) electrons. The van der Waals surface area contributed by atoms with Gasteiger partial charge < -0.3 is 14.6 Å². The molecule has 0 saturated heterocycles. The Morgan fingerprint density at radius 1 is 1.31 bits per heavy atom. The van der Waals surface area contributed by atoms with Gasteiger partial charge in [-0.2, -0.15) is 0 Å². The van der Waals surface area contributed by atoms with Gasteiger partial charge in [0.1, 0.15) is 5.76 Å². The second kappa shape index (κ2) is 4.70. The average Bonchev–Trinajstić information content (AvgIpc) is 2.79. The van der Waals surface area contributed by atoms with E-state index < -0.39 is 0 Å². The topological polar surface area (TPSA) is 41.3 Å². The summed E-state index contributed by atoms with van der Waals surface area (Å²) in [5, 5.41) is 3.30. The average molecular weight is 217 g/mol. The molecule has 0 saturated carbocycles. The number of pyridine rings is 1. The van der Waals surface area contributed by atoms with Gasteiger partial charge in [0, 0.05) is 20.3 Å². The van der Waals surface area contributed by atoms with E-state index in [1.807, 2.05) is 43.3 Å². The first kappa shape index (κ1) is 10.5. The summed E-state index contributed by atoms with van der Waals surface area (Å²) in [6.07, 6.45) is 3.46. The van der Waals surface area contributed by atoms with Crippen LogP contribution in [-0.4, -0.2) is 19.1 Å². The Balaban J connectivity index is 2.09. The van der Waals surface area contributed by atoms with E-state index in [0.29, 0.717) is 6.54 Å². The zero-order valence-electron chi connectivity index (χ0n) is 9.47. The smallest absolute Gasteiger partial charge is 0.151 e. The van der Waals surface area contributed by atoms with Gasteiger partial charge in [-0.3, -0.25) is 0 Å². The van der Waals surface area contributed by atoms with Crippen LogP contribution in [0.15, 0.2) is 41.1 Å². The Hall–Kier alpha value is -1.97. The van der Waals surface area contributed by atoms with E-state index in [-0.39, 0.29) is 0 Å². The van der Waals surface area contributed by atoms with E-state index in [0.717, 1.165) is 17.3 Å². The molecule has 0 aliphatic carbocycles. The molecule has 0 aliphatic heterocycles. The van der Waals surface area contributed by atoms with E-state index in [4.69, 9.17) is 4.42 Å². The molecule has 16 heavy (non-hydrogen) atoms. The van der Waals surface area contributed by atoms with Crippen LogP contribution < -0.4 is 10.2 Å². The van der Waals surface area contributed by atoms with Crippen LogP contribution in [0.4, 0.5) is 11.5 Å². The Bertz CT molecular complexity index is 437. The van der Waals surface area contributed by atoms with Crippen LogP contribution in [0, 0.1) is 0 Å². The van der Waals surface area contributed by atoms with E-state index in [1.165, 1.54) is 0 Å². The highest BCUT2D eigenvalue weighted by atomic mass is 16.3. The van der Waals surface area contributed by atoms with Crippen molar-refractivity contribution in [2.75, 3.05) is 24.3 Å². The van der Waals surface area contributed by atoms with Crippen molar-refractivity contribution in [2.45, 2.75) is 6.54 Å². The monoisotopic (exact) mass is 217 g/mol. The maximum absolute atomic E-state index is 5.26. The van der Waals surface area contributed by atoms with Gasteiger partial charge in [-0.15, -0.1) is 0 Å². The maximum atomic E-state index is 5.26. The minimum Gasteiger partial charge on any atom is -0.467 e. The standard InChI is InChI=1S/C12H15N3O/c1-15(2)12-11(6-3-7-13-12)14-9-10-5-4-8-16-10/h3-8,14H,9H2,1-2H3. The molecule has 0 spiro atoms. The molecule has 0 aliphatic rings. The molecule has 0 amide bonds. The first-order chi connectivity index (χ1) is 7.77. The summed E-state index contributed by atoms with van der Waals surface area (Å²) in [7, 11) is 3.95. The molecule has 2 aromatic rings. The van der Waals surface area contributed by atoms with Crippen LogP contribution in [0.2, 0.25) is 0 Å². The molecule has 0 fully saturated rings. The summed E-state index contributed by atoms with van der Waals surface area (Å²) in [5.74, 6) is 1.84. The quantitative estimate of drug-likeness (QED) is 0.853. The summed E-state index contributed by atoms with van der Waals surface area (Å²) < 4.78 is 5.26. The molecule has 0 atom stereocenters. The molecule has 2 aromatic heterocycles. The van der Waals surface area contributed by atoms with Gasteiger partial charge >= 0.3 is 0 Å². The molecule has 2 rings (SSSR count). The van der Waals surface area contributed by atoms with Crippen LogP contribution in [0.25, 0.3) is 0 Å². The van der Waals surface area contributed by atoms with Crippen LogP contribution >= 0.6 is 0 Å². The normalized spacial score (nSPS) is 10.1. The number of nitrogens with one attached hydrogen (secondary N) is 1. The van der Waals surface area contributed by atoms with Crippen molar-refractivity contribution < 1.29 is 4.42 Å². The molecule has 0 bridgehead atoms. The summed E-state index contributed by atoms with van der Waals surface area (Å²) in [6.45, 7) is 0.666. The third-order valence-corrected chi connectivity index (χ3v) is 2.24. The molecular formula is C12H15N3O. The highest BCUT2D eigenvalue weighted by Crippen LogP contribution is 2.20. The minimum absolute atomic E-state index is 0.666. The number of furan rings is 1. The van der Waals surface area contributed by atoms with E-state index >= 15 is 0 Å². The van der Waals surface area contributed by atoms with E-state index in [9.17, 15) is 0 Å². The first-order valence-electron chi connectivity index (χ1n) is 5.16.